The van der Waals surface area contributed by atoms with Gasteiger partial charge in [0.1, 0.15) is 6.04 Å². The molecule has 2 rings (SSSR count). The molecule has 0 saturated carbocycles. The van der Waals surface area contributed by atoms with Crippen LogP contribution in [0.3, 0.4) is 0 Å². The van der Waals surface area contributed by atoms with E-state index in [1.807, 2.05) is 60.8 Å². The Morgan fingerprint density at radius 3 is 2.76 bits per heavy atom. The molecule has 0 aliphatic heterocycles. The summed E-state index contributed by atoms with van der Waals surface area (Å²) in [4.78, 5) is 12.0. The van der Waals surface area contributed by atoms with Crippen LogP contribution in [0, 0.1) is 3.57 Å². The molecular weight excluding hydrogens is 399 g/mol. The number of benzene rings is 2. The van der Waals surface area contributed by atoms with Crippen molar-refractivity contribution in [2.24, 2.45) is 0 Å². The highest BCUT2D eigenvalue weighted by Gasteiger charge is 2.14. The van der Waals surface area contributed by atoms with Gasteiger partial charge in [-0.15, -0.1) is 0 Å². The fourth-order valence-corrected chi connectivity index (χ4v) is 2.88. The highest BCUT2D eigenvalue weighted by molar-refractivity contribution is 14.1. The van der Waals surface area contributed by atoms with Crippen molar-refractivity contribution >= 4 is 45.8 Å². The molecule has 0 aliphatic rings. The fraction of sp³-hybridized carbons (Fsp3) is 0.188. The third kappa shape index (κ3) is 4.98. The Bertz CT molecular complexity index is 633. The van der Waals surface area contributed by atoms with E-state index >= 15 is 0 Å². The zero-order valence-electron chi connectivity index (χ0n) is 11.6. The van der Waals surface area contributed by atoms with Crippen LogP contribution in [0.5, 0.6) is 0 Å². The minimum Gasteiger partial charge on any atom is -0.332 e. The van der Waals surface area contributed by atoms with Crippen molar-refractivity contribution in [1.29, 1.82) is 0 Å². The van der Waals surface area contributed by atoms with Gasteiger partial charge in [0, 0.05) is 19.8 Å². The Morgan fingerprint density at radius 1 is 1.29 bits per heavy atom. The molecule has 0 unspecified atom stereocenters. The Morgan fingerprint density at radius 2 is 2.05 bits per heavy atom. The van der Waals surface area contributed by atoms with Gasteiger partial charge >= 0.3 is 0 Å². The number of rotatable bonds is 5. The van der Waals surface area contributed by atoms with Crippen LogP contribution < -0.4 is 10.6 Å². The Labute approximate surface area is 143 Å². The molecule has 3 nitrogen and oxygen atoms in total. The van der Waals surface area contributed by atoms with E-state index in [0.717, 1.165) is 19.8 Å². The number of halogens is 2. The van der Waals surface area contributed by atoms with Gasteiger partial charge in [0.25, 0.3) is 5.91 Å². The maximum atomic E-state index is 12.0. The van der Waals surface area contributed by atoms with Crippen LogP contribution in [0.2, 0.25) is 5.02 Å². The minimum atomic E-state index is -0.0177. The van der Waals surface area contributed by atoms with Crippen LogP contribution >= 0.6 is 34.2 Å². The average molecular weight is 416 g/mol. The van der Waals surface area contributed by atoms with Crippen molar-refractivity contribution in [3.63, 3.8) is 0 Å². The largest absolute Gasteiger partial charge is 0.332 e. The molecule has 0 heterocycles. The first-order valence-corrected chi connectivity index (χ1v) is 8.15. The number of nitrogens with one attached hydrogen (secondary N) is 1. The van der Waals surface area contributed by atoms with Gasteiger partial charge in [-0.25, -0.2) is 0 Å². The van der Waals surface area contributed by atoms with Gasteiger partial charge in [-0.05, 0) is 53.8 Å². The molecule has 0 bridgehead atoms. The third-order valence-corrected chi connectivity index (χ3v) is 4.18. The lowest BCUT2D eigenvalue weighted by atomic mass is 10.1. The molecule has 2 aromatic carbocycles. The molecular formula is C16H17ClIN2O+. The Hall–Kier alpha value is -1.11. The highest BCUT2D eigenvalue weighted by Crippen LogP contribution is 2.19. The Kier molecular flexibility index (Phi) is 6.02. The first-order valence-electron chi connectivity index (χ1n) is 6.69. The third-order valence-electron chi connectivity index (χ3n) is 3.16. The molecule has 2 aromatic rings. The number of hydrogen-bond acceptors (Lipinski definition) is 1. The van der Waals surface area contributed by atoms with Crippen molar-refractivity contribution in [2.45, 2.75) is 13.0 Å². The minimum absolute atomic E-state index is 0.0177. The molecule has 1 atom stereocenters. The van der Waals surface area contributed by atoms with Crippen molar-refractivity contribution < 1.29 is 10.1 Å². The van der Waals surface area contributed by atoms with Crippen LogP contribution in [0.15, 0.2) is 48.5 Å². The predicted molar refractivity (Wildman–Crippen MR) is 94.4 cm³/mol. The van der Waals surface area contributed by atoms with E-state index in [1.165, 1.54) is 0 Å². The number of carbonyl (C=O) groups excluding carboxylic acids is 1. The van der Waals surface area contributed by atoms with Gasteiger partial charge in [0.2, 0.25) is 0 Å². The first-order chi connectivity index (χ1) is 10.1. The molecule has 0 fully saturated rings. The average Bonchev–Trinajstić information content (AvgIpc) is 2.45. The smallest absolute Gasteiger partial charge is 0.279 e. The second kappa shape index (κ2) is 7.77. The molecule has 0 aromatic heterocycles. The SMILES string of the molecule is C[C@@H]([NH2+]CC(=O)Nc1cccc(I)c1)c1ccccc1Cl. The van der Waals surface area contributed by atoms with E-state index in [0.29, 0.717) is 6.54 Å². The summed E-state index contributed by atoms with van der Waals surface area (Å²) in [6.07, 6.45) is 0. The molecule has 110 valence electrons. The van der Waals surface area contributed by atoms with E-state index in [1.54, 1.807) is 0 Å². The van der Waals surface area contributed by atoms with Gasteiger partial charge in [0.05, 0.1) is 0 Å². The summed E-state index contributed by atoms with van der Waals surface area (Å²) in [6.45, 7) is 2.40. The van der Waals surface area contributed by atoms with Gasteiger partial charge in [-0.2, -0.15) is 0 Å². The number of carbonyl (C=O) groups is 1. The normalized spacial score (nSPS) is 12.0. The number of quaternary nitrogens is 1. The lowest BCUT2D eigenvalue weighted by Crippen LogP contribution is -2.86. The van der Waals surface area contributed by atoms with Crippen LogP contribution in [0.4, 0.5) is 5.69 Å². The van der Waals surface area contributed by atoms with Crippen LogP contribution in [0.25, 0.3) is 0 Å². The lowest BCUT2D eigenvalue weighted by molar-refractivity contribution is -0.682. The maximum absolute atomic E-state index is 12.0. The second-order valence-electron chi connectivity index (χ2n) is 4.81. The number of hydrogen-bond donors (Lipinski definition) is 2. The van der Waals surface area contributed by atoms with E-state index in [4.69, 9.17) is 11.6 Å². The summed E-state index contributed by atoms with van der Waals surface area (Å²) in [6, 6.07) is 15.6. The van der Waals surface area contributed by atoms with Crippen molar-refractivity contribution in [3.8, 4) is 0 Å². The quantitative estimate of drug-likeness (QED) is 0.724. The summed E-state index contributed by atoms with van der Waals surface area (Å²) < 4.78 is 1.10. The summed E-state index contributed by atoms with van der Waals surface area (Å²) in [5.74, 6) is -0.0177. The molecule has 0 aliphatic carbocycles. The van der Waals surface area contributed by atoms with E-state index in [2.05, 4.69) is 27.9 Å². The van der Waals surface area contributed by atoms with Crippen LogP contribution in [-0.4, -0.2) is 12.5 Å². The Balaban J connectivity index is 1.88. The predicted octanol–water partition coefficient (Wildman–Crippen LogP) is 3.21. The lowest BCUT2D eigenvalue weighted by Gasteiger charge is -2.12. The molecule has 1 amide bonds. The molecule has 0 radical (unpaired) electrons. The number of nitrogens with two attached hydrogens (primary N) is 1. The molecule has 3 N–H and O–H groups in total. The zero-order valence-corrected chi connectivity index (χ0v) is 14.6. The number of anilines is 1. The maximum Gasteiger partial charge on any atom is 0.279 e. The fourth-order valence-electron chi connectivity index (χ4n) is 2.03. The summed E-state index contributed by atoms with van der Waals surface area (Å²) in [5.41, 5.74) is 1.87. The van der Waals surface area contributed by atoms with Crippen molar-refractivity contribution in [2.75, 3.05) is 11.9 Å². The highest BCUT2D eigenvalue weighted by atomic mass is 127. The summed E-state index contributed by atoms with van der Waals surface area (Å²) >= 11 is 8.38. The molecule has 5 heteroatoms. The van der Waals surface area contributed by atoms with Crippen molar-refractivity contribution in [3.05, 3.63) is 62.7 Å². The molecule has 0 saturated heterocycles. The zero-order chi connectivity index (χ0) is 15.2. The van der Waals surface area contributed by atoms with Gasteiger partial charge in [0.15, 0.2) is 6.54 Å². The molecule has 21 heavy (non-hydrogen) atoms. The van der Waals surface area contributed by atoms with Crippen molar-refractivity contribution in [1.82, 2.24) is 0 Å². The van der Waals surface area contributed by atoms with Gasteiger partial charge in [-0.3, -0.25) is 4.79 Å². The standard InChI is InChI=1S/C16H16ClIN2O/c1-11(14-7-2-3-8-15(14)17)19-10-16(21)20-13-6-4-5-12(18)9-13/h2-9,11,19H,10H2,1H3,(H,20,21)/p+1/t11-/m1/s1. The van der Waals surface area contributed by atoms with Crippen LogP contribution in [0.1, 0.15) is 18.5 Å². The monoisotopic (exact) mass is 415 g/mol. The second-order valence-corrected chi connectivity index (χ2v) is 6.46. The number of amides is 1. The van der Waals surface area contributed by atoms with Gasteiger partial charge < -0.3 is 10.6 Å². The summed E-state index contributed by atoms with van der Waals surface area (Å²) in [7, 11) is 0. The topological polar surface area (TPSA) is 45.7 Å². The van der Waals surface area contributed by atoms with E-state index < -0.39 is 0 Å². The van der Waals surface area contributed by atoms with E-state index in [-0.39, 0.29) is 11.9 Å². The van der Waals surface area contributed by atoms with E-state index in [9.17, 15) is 4.79 Å². The summed E-state index contributed by atoms with van der Waals surface area (Å²) in [5, 5.41) is 5.61. The van der Waals surface area contributed by atoms with Crippen LogP contribution in [-0.2, 0) is 4.79 Å². The first kappa shape index (κ1) is 16.3. The van der Waals surface area contributed by atoms with Gasteiger partial charge in [-0.1, -0.05) is 35.9 Å². The molecule has 0 spiro atoms.